The van der Waals surface area contributed by atoms with Gasteiger partial charge in [-0.05, 0) is 5.56 Å². The van der Waals surface area contributed by atoms with E-state index in [0.29, 0.717) is 39.3 Å². The molecule has 9 heteroatoms. The summed E-state index contributed by atoms with van der Waals surface area (Å²) in [5.41, 5.74) is 1.15. The smallest absolute Gasteiger partial charge is 0.237 e. The molecule has 4 rings (SSSR count). The number of H-pyrrole nitrogens is 1. The van der Waals surface area contributed by atoms with Gasteiger partial charge in [-0.15, -0.1) is 0 Å². The van der Waals surface area contributed by atoms with Gasteiger partial charge in [-0.3, -0.25) is 14.5 Å². The third-order valence-corrected chi connectivity index (χ3v) is 5.37. The van der Waals surface area contributed by atoms with E-state index in [2.05, 4.69) is 30.3 Å². The predicted octanol–water partition coefficient (Wildman–Crippen LogP) is -0.156. The number of hydrogen-bond donors (Lipinski definition) is 2. The molecule has 1 aromatic carbocycles. The Morgan fingerprint density at radius 3 is 2.61 bits per heavy atom. The van der Waals surface area contributed by atoms with Crippen molar-refractivity contribution in [1.82, 2.24) is 30.3 Å². The van der Waals surface area contributed by atoms with Crippen LogP contribution in [0.4, 0.5) is 5.95 Å². The number of carbonyl (C=O) groups excluding carboxylic acids is 2. The summed E-state index contributed by atoms with van der Waals surface area (Å²) in [5.74, 6) is 0.695. The number of nitrogens with one attached hydrogen (secondary N) is 2. The van der Waals surface area contributed by atoms with Crippen LogP contribution in [0.25, 0.3) is 0 Å². The fourth-order valence-corrected chi connectivity index (χ4v) is 3.80. The van der Waals surface area contributed by atoms with E-state index < -0.39 is 6.04 Å². The number of aromatic nitrogens is 3. The lowest BCUT2D eigenvalue weighted by atomic mass is 10.1. The van der Waals surface area contributed by atoms with E-state index >= 15 is 0 Å². The molecule has 1 unspecified atom stereocenters. The van der Waals surface area contributed by atoms with Gasteiger partial charge in [-0.25, -0.2) is 5.10 Å². The van der Waals surface area contributed by atoms with E-state index in [4.69, 9.17) is 0 Å². The minimum Gasteiger partial charge on any atom is -0.353 e. The monoisotopic (exact) mass is 383 g/mol. The van der Waals surface area contributed by atoms with Gasteiger partial charge in [0.05, 0.1) is 12.5 Å². The third-order valence-electron chi connectivity index (χ3n) is 5.37. The first-order valence-electron chi connectivity index (χ1n) is 9.64. The molecule has 2 amide bonds. The first-order valence-corrected chi connectivity index (χ1v) is 9.64. The number of anilines is 1. The van der Waals surface area contributed by atoms with Crippen molar-refractivity contribution in [2.24, 2.45) is 0 Å². The highest BCUT2D eigenvalue weighted by Gasteiger charge is 2.33. The second-order valence-corrected chi connectivity index (χ2v) is 7.14. The van der Waals surface area contributed by atoms with E-state index in [-0.39, 0.29) is 18.2 Å². The molecule has 2 aromatic rings. The van der Waals surface area contributed by atoms with Gasteiger partial charge >= 0.3 is 0 Å². The van der Waals surface area contributed by atoms with Crippen molar-refractivity contribution < 1.29 is 9.59 Å². The van der Waals surface area contributed by atoms with E-state index in [1.165, 1.54) is 6.33 Å². The van der Waals surface area contributed by atoms with E-state index in [1.807, 2.05) is 35.2 Å². The van der Waals surface area contributed by atoms with E-state index in [1.54, 1.807) is 0 Å². The summed E-state index contributed by atoms with van der Waals surface area (Å²) in [6.07, 6.45) is 1.69. The summed E-state index contributed by atoms with van der Waals surface area (Å²) < 4.78 is 0. The average Bonchev–Trinajstić information content (AvgIpc) is 3.26. The SMILES string of the molecule is O=C1NCCN(Cc2ccccc2)C1CC(=O)N1CCN(c2ncn[nH]2)CC1. The van der Waals surface area contributed by atoms with Crippen LogP contribution < -0.4 is 10.2 Å². The molecule has 0 aliphatic carbocycles. The summed E-state index contributed by atoms with van der Waals surface area (Å²) >= 11 is 0. The second-order valence-electron chi connectivity index (χ2n) is 7.14. The van der Waals surface area contributed by atoms with Crippen LogP contribution in [0.1, 0.15) is 12.0 Å². The molecule has 3 heterocycles. The lowest BCUT2D eigenvalue weighted by Crippen LogP contribution is -2.57. The van der Waals surface area contributed by atoms with Crippen LogP contribution in [0.2, 0.25) is 0 Å². The predicted molar refractivity (Wildman–Crippen MR) is 103 cm³/mol. The fraction of sp³-hybridized carbons (Fsp3) is 0.474. The quantitative estimate of drug-likeness (QED) is 0.745. The van der Waals surface area contributed by atoms with Crippen molar-refractivity contribution in [3.8, 4) is 0 Å². The molecule has 0 saturated carbocycles. The van der Waals surface area contributed by atoms with Gasteiger partial charge in [0, 0.05) is 45.8 Å². The first kappa shape index (κ1) is 18.4. The molecule has 2 fully saturated rings. The Labute approximate surface area is 163 Å². The Bertz CT molecular complexity index is 788. The van der Waals surface area contributed by atoms with E-state index in [9.17, 15) is 9.59 Å². The Balaban J connectivity index is 1.35. The van der Waals surface area contributed by atoms with Crippen LogP contribution in [0.5, 0.6) is 0 Å². The number of nitrogens with zero attached hydrogens (tertiary/aromatic N) is 5. The molecule has 2 aliphatic rings. The normalized spacial score (nSPS) is 20.9. The number of hydrogen-bond acceptors (Lipinski definition) is 6. The third kappa shape index (κ3) is 4.14. The summed E-state index contributed by atoms with van der Waals surface area (Å²) in [6.45, 7) is 4.67. The molecule has 1 atom stereocenters. The number of aromatic amines is 1. The lowest BCUT2D eigenvalue weighted by molar-refractivity contribution is -0.139. The fourth-order valence-electron chi connectivity index (χ4n) is 3.80. The van der Waals surface area contributed by atoms with Crippen LogP contribution in [0.3, 0.4) is 0 Å². The number of piperazine rings is 2. The van der Waals surface area contributed by atoms with Gasteiger partial charge in [-0.1, -0.05) is 30.3 Å². The molecule has 1 aromatic heterocycles. The topological polar surface area (TPSA) is 97.5 Å². The second kappa shape index (κ2) is 8.39. The Morgan fingerprint density at radius 2 is 1.89 bits per heavy atom. The molecular weight excluding hydrogens is 358 g/mol. The summed E-state index contributed by atoms with van der Waals surface area (Å²) in [4.78, 5) is 35.5. The molecule has 2 saturated heterocycles. The molecule has 9 nitrogen and oxygen atoms in total. The molecule has 2 aliphatic heterocycles. The van der Waals surface area contributed by atoms with E-state index in [0.717, 1.165) is 18.1 Å². The maximum atomic E-state index is 12.9. The van der Waals surface area contributed by atoms with Gasteiger partial charge in [0.2, 0.25) is 17.8 Å². The zero-order chi connectivity index (χ0) is 19.3. The number of carbonyl (C=O) groups is 2. The summed E-state index contributed by atoms with van der Waals surface area (Å²) in [7, 11) is 0. The minimum atomic E-state index is -0.422. The largest absolute Gasteiger partial charge is 0.353 e. The lowest BCUT2D eigenvalue weighted by Gasteiger charge is -2.38. The molecule has 0 bridgehead atoms. The highest BCUT2D eigenvalue weighted by atomic mass is 16.2. The Morgan fingerprint density at radius 1 is 1.11 bits per heavy atom. The van der Waals surface area contributed by atoms with Crippen LogP contribution >= 0.6 is 0 Å². The molecule has 28 heavy (non-hydrogen) atoms. The van der Waals surface area contributed by atoms with Crippen LogP contribution in [-0.2, 0) is 16.1 Å². The molecule has 0 spiro atoms. The van der Waals surface area contributed by atoms with Crippen LogP contribution in [-0.4, -0.2) is 82.1 Å². The van der Waals surface area contributed by atoms with Crippen molar-refractivity contribution in [3.63, 3.8) is 0 Å². The highest BCUT2D eigenvalue weighted by molar-refractivity contribution is 5.89. The summed E-state index contributed by atoms with van der Waals surface area (Å²) in [5, 5.41) is 9.63. The maximum Gasteiger partial charge on any atom is 0.237 e. The Kier molecular flexibility index (Phi) is 5.52. The van der Waals surface area contributed by atoms with Crippen molar-refractivity contribution in [2.75, 3.05) is 44.2 Å². The van der Waals surface area contributed by atoms with Gasteiger partial charge in [-0.2, -0.15) is 10.1 Å². The van der Waals surface area contributed by atoms with Crippen molar-refractivity contribution in [1.29, 1.82) is 0 Å². The van der Waals surface area contributed by atoms with Crippen LogP contribution in [0, 0.1) is 0 Å². The van der Waals surface area contributed by atoms with Crippen molar-refractivity contribution >= 4 is 17.8 Å². The van der Waals surface area contributed by atoms with Gasteiger partial charge in [0.1, 0.15) is 6.33 Å². The molecule has 0 radical (unpaired) electrons. The highest BCUT2D eigenvalue weighted by Crippen LogP contribution is 2.16. The average molecular weight is 383 g/mol. The van der Waals surface area contributed by atoms with Gasteiger partial charge < -0.3 is 15.1 Å². The van der Waals surface area contributed by atoms with Crippen LogP contribution in [0.15, 0.2) is 36.7 Å². The first-order chi connectivity index (χ1) is 13.7. The maximum absolute atomic E-state index is 12.9. The Hall–Kier alpha value is -2.94. The minimum absolute atomic E-state index is 0.0253. The van der Waals surface area contributed by atoms with Gasteiger partial charge in [0.25, 0.3) is 0 Å². The number of rotatable bonds is 5. The standard InChI is InChI=1S/C19H25N7O2/c27-17(24-8-10-25(11-9-24)19-21-14-22-23-19)12-16-18(28)20-6-7-26(16)13-15-4-2-1-3-5-15/h1-5,14,16H,6-13H2,(H,20,28)(H,21,22,23). The van der Waals surface area contributed by atoms with Crippen molar-refractivity contribution in [3.05, 3.63) is 42.2 Å². The zero-order valence-corrected chi connectivity index (χ0v) is 15.8. The summed E-state index contributed by atoms with van der Waals surface area (Å²) in [6, 6.07) is 9.64. The number of amides is 2. The zero-order valence-electron chi connectivity index (χ0n) is 15.8. The number of benzene rings is 1. The van der Waals surface area contributed by atoms with Gasteiger partial charge in [0.15, 0.2) is 0 Å². The molecule has 148 valence electrons. The molecule has 2 N–H and O–H groups in total. The molecular formula is C19H25N7O2. The van der Waals surface area contributed by atoms with Crippen molar-refractivity contribution in [2.45, 2.75) is 19.0 Å².